The zero-order valence-corrected chi connectivity index (χ0v) is 11.0. The van der Waals surface area contributed by atoms with E-state index in [0.717, 1.165) is 31.6 Å². The number of benzene rings is 1. The van der Waals surface area contributed by atoms with Crippen molar-refractivity contribution < 1.29 is 14.8 Å². The molecule has 0 radical (unpaired) electrons. The van der Waals surface area contributed by atoms with E-state index < -0.39 is 16.9 Å². The van der Waals surface area contributed by atoms with Gasteiger partial charge in [0.2, 0.25) is 0 Å². The quantitative estimate of drug-likeness (QED) is 0.618. The first-order valence-electron chi connectivity index (χ1n) is 6.49. The van der Waals surface area contributed by atoms with Crippen LogP contribution in [-0.2, 0) is 11.2 Å². The normalized spacial score (nSPS) is 16.1. The summed E-state index contributed by atoms with van der Waals surface area (Å²) < 4.78 is 0. The van der Waals surface area contributed by atoms with Crippen LogP contribution in [0.15, 0.2) is 18.2 Å². The number of nitrogens with zero attached hydrogens (tertiary/aromatic N) is 2. The number of non-ortho nitro benzene ring substituents is 1. The topological polar surface area (TPSA) is 110 Å². The van der Waals surface area contributed by atoms with Gasteiger partial charge in [-0.3, -0.25) is 14.9 Å². The number of hydrogen-bond acceptors (Lipinski definition) is 5. The van der Waals surface area contributed by atoms with Crippen molar-refractivity contribution >= 4 is 17.3 Å². The summed E-state index contributed by atoms with van der Waals surface area (Å²) in [5, 5.41) is 19.8. The van der Waals surface area contributed by atoms with Crippen LogP contribution in [0.4, 0.5) is 11.4 Å². The van der Waals surface area contributed by atoms with E-state index in [1.807, 2.05) is 0 Å². The molecule has 1 saturated heterocycles. The van der Waals surface area contributed by atoms with Crippen molar-refractivity contribution in [3.8, 4) is 0 Å². The van der Waals surface area contributed by atoms with Crippen LogP contribution in [0.1, 0.15) is 18.4 Å². The van der Waals surface area contributed by atoms with E-state index in [1.165, 1.54) is 12.1 Å². The van der Waals surface area contributed by atoms with Crippen molar-refractivity contribution in [3.05, 3.63) is 33.9 Å². The highest BCUT2D eigenvalue weighted by Gasteiger charge is 2.21. The van der Waals surface area contributed by atoms with E-state index in [4.69, 9.17) is 10.8 Å². The molecule has 108 valence electrons. The van der Waals surface area contributed by atoms with E-state index in [0.29, 0.717) is 5.56 Å². The minimum absolute atomic E-state index is 0.0412. The first-order chi connectivity index (χ1) is 9.49. The standard InChI is InChI=1S/C13H17N3O4/c14-11(13(17)18)8-9-7-10(16(19)20)3-4-12(9)15-5-1-2-6-15/h3-4,7,11H,1-2,5-6,8,14H2,(H,17,18). The summed E-state index contributed by atoms with van der Waals surface area (Å²) in [4.78, 5) is 23.4. The molecule has 1 fully saturated rings. The number of nitro groups is 1. The van der Waals surface area contributed by atoms with Crippen molar-refractivity contribution in [3.63, 3.8) is 0 Å². The Hall–Kier alpha value is -2.15. The third kappa shape index (κ3) is 3.05. The Bertz CT molecular complexity index is 526. The summed E-state index contributed by atoms with van der Waals surface area (Å²) in [5.74, 6) is -1.11. The molecule has 7 heteroatoms. The minimum Gasteiger partial charge on any atom is -0.480 e. The van der Waals surface area contributed by atoms with Crippen LogP contribution in [0.3, 0.4) is 0 Å². The number of carboxylic acids is 1. The Morgan fingerprint density at radius 3 is 2.65 bits per heavy atom. The predicted molar refractivity (Wildman–Crippen MR) is 73.9 cm³/mol. The van der Waals surface area contributed by atoms with Crippen molar-refractivity contribution in [1.29, 1.82) is 0 Å². The molecule has 1 aromatic rings. The molecule has 0 amide bonds. The summed E-state index contributed by atoms with van der Waals surface area (Å²) in [6, 6.07) is 3.51. The van der Waals surface area contributed by atoms with E-state index in [-0.39, 0.29) is 12.1 Å². The number of rotatable bonds is 5. The van der Waals surface area contributed by atoms with E-state index in [2.05, 4.69) is 4.90 Å². The van der Waals surface area contributed by atoms with Crippen LogP contribution in [0.2, 0.25) is 0 Å². The second kappa shape index (κ2) is 5.87. The fourth-order valence-electron chi connectivity index (χ4n) is 2.44. The Balaban J connectivity index is 2.34. The number of nitro benzene ring substituents is 1. The maximum absolute atomic E-state index is 10.9. The summed E-state index contributed by atoms with van der Waals surface area (Å²) in [5.41, 5.74) is 6.99. The van der Waals surface area contributed by atoms with Gasteiger partial charge in [-0.25, -0.2) is 0 Å². The molecule has 1 unspecified atom stereocenters. The summed E-state index contributed by atoms with van der Waals surface area (Å²) in [7, 11) is 0. The number of carbonyl (C=O) groups is 1. The fraction of sp³-hybridized carbons (Fsp3) is 0.462. The lowest BCUT2D eigenvalue weighted by Gasteiger charge is -2.22. The van der Waals surface area contributed by atoms with E-state index in [1.54, 1.807) is 6.07 Å². The van der Waals surface area contributed by atoms with Crippen molar-refractivity contribution in [2.75, 3.05) is 18.0 Å². The molecule has 1 aliphatic heterocycles. The molecule has 1 aromatic carbocycles. The van der Waals surface area contributed by atoms with Gasteiger partial charge in [-0.15, -0.1) is 0 Å². The Kier molecular flexibility index (Phi) is 4.19. The lowest BCUT2D eigenvalue weighted by Crippen LogP contribution is -2.33. The minimum atomic E-state index is -1.11. The van der Waals surface area contributed by atoms with Gasteiger partial charge in [0.05, 0.1) is 4.92 Å². The van der Waals surface area contributed by atoms with Crippen LogP contribution in [0.5, 0.6) is 0 Å². The first-order valence-corrected chi connectivity index (χ1v) is 6.49. The zero-order valence-electron chi connectivity index (χ0n) is 11.0. The van der Waals surface area contributed by atoms with Crippen molar-refractivity contribution in [2.24, 2.45) is 5.73 Å². The van der Waals surface area contributed by atoms with E-state index >= 15 is 0 Å². The number of nitrogens with two attached hydrogens (primary N) is 1. The summed E-state index contributed by atoms with van der Waals surface area (Å²) >= 11 is 0. The van der Waals surface area contributed by atoms with Gasteiger partial charge in [0.25, 0.3) is 5.69 Å². The predicted octanol–water partition coefficient (Wildman–Crippen LogP) is 1.15. The van der Waals surface area contributed by atoms with Crippen molar-refractivity contribution in [2.45, 2.75) is 25.3 Å². The number of carboxylic acid groups (broad SMARTS) is 1. The van der Waals surface area contributed by atoms with E-state index in [9.17, 15) is 14.9 Å². The van der Waals surface area contributed by atoms with Gasteiger partial charge < -0.3 is 15.7 Å². The SMILES string of the molecule is NC(Cc1cc([N+](=O)[O-])ccc1N1CCCC1)C(=O)O. The highest BCUT2D eigenvalue weighted by Crippen LogP contribution is 2.29. The highest BCUT2D eigenvalue weighted by atomic mass is 16.6. The molecule has 1 heterocycles. The van der Waals surface area contributed by atoms with Crippen LogP contribution in [0.25, 0.3) is 0 Å². The molecule has 7 nitrogen and oxygen atoms in total. The molecule has 1 atom stereocenters. The average Bonchev–Trinajstić information content (AvgIpc) is 2.92. The molecule has 3 N–H and O–H groups in total. The second-order valence-electron chi connectivity index (χ2n) is 4.91. The smallest absolute Gasteiger partial charge is 0.320 e. The van der Waals surface area contributed by atoms with Gasteiger partial charge in [-0.05, 0) is 24.5 Å². The lowest BCUT2D eigenvalue weighted by atomic mass is 10.0. The highest BCUT2D eigenvalue weighted by molar-refractivity contribution is 5.74. The molecule has 0 aromatic heterocycles. The maximum Gasteiger partial charge on any atom is 0.320 e. The second-order valence-corrected chi connectivity index (χ2v) is 4.91. The van der Waals surface area contributed by atoms with Gasteiger partial charge in [-0.1, -0.05) is 0 Å². The fourth-order valence-corrected chi connectivity index (χ4v) is 2.44. The average molecular weight is 279 g/mol. The molecule has 0 saturated carbocycles. The Morgan fingerprint density at radius 1 is 1.45 bits per heavy atom. The van der Waals surface area contributed by atoms with Gasteiger partial charge in [0.15, 0.2) is 0 Å². The van der Waals surface area contributed by atoms with Gasteiger partial charge in [-0.2, -0.15) is 0 Å². The van der Waals surface area contributed by atoms with Crippen LogP contribution < -0.4 is 10.6 Å². The van der Waals surface area contributed by atoms with Crippen molar-refractivity contribution in [1.82, 2.24) is 0 Å². The van der Waals surface area contributed by atoms with Crippen LogP contribution in [0, 0.1) is 10.1 Å². The molecular weight excluding hydrogens is 262 g/mol. The third-order valence-corrected chi connectivity index (χ3v) is 3.48. The number of hydrogen-bond donors (Lipinski definition) is 2. The Morgan fingerprint density at radius 2 is 2.10 bits per heavy atom. The molecule has 0 spiro atoms. The molecule has 2 rings (SSSR count). The summed E-state index contributed by atoms with van der Waals surface area (Å²) in [6.07, 6.45) is 2.23. The van der Waals surface area contributed by atoms with Crippen LogP contribution in [-0.4, -0.2) is 35.1 Å². The molecular formula is C13H17N3O4. The molecule has 20 heavy (non-hydrogen) atoms. The maximum atomic E-state index is 10.9. The number of anilines is 1. The molecule has 0 aliphatic carbocycles. The summed E-state index contributed by atoms with van der Waals surface area (Å²) in [6.45, 7) is 1.76. The Labute approximate surface area is 116 Å². The molecule has 1 aliphatic rings. The zero-order chi connectivity index (χ0) is 14.7. The van der Waals surface area contributed by atoms with Gasteiger partial charge >= 0.3 is 5.97 Å². The largest absolute Gasteiger partial charge is 0.480 e. The van der Waals surface area contributed by atoms with Crippen LogP contribution >= 0.6 is 0 Å². The monoisotopic (exact) mass is 279 g/mol. The van der Waals surface area contributed by atoms with Gasteiger partial charge in [0.1, 0.15) is 6.04 Å². The lowest BCUT2D eigenvalue weighted by molar-refractivity contribution is -0.384. The van der Waals surface area contributed by atoms with Gasteiger partial charge in [0, 0.05) is 37.3 Å². The first kappa shape index (κ1) is 14.3. The number of aliphatic carboxylic acids is 1. The third-order valence-electron chi connectivity index (χ3n) is 3.48. The molecule has 0 bridgehead atoms.